The van der Waals surface area contributed by atoms with Crippen molar-refractivity contribution in [2.75, 3.05) is 0 Å². The first-order valence-corrected chi connectivity index (χ1v) is 9.45. The van der Waals surface area contributed by atoms with Crippen molar-refractivity contribution in [2.24, 2.45) is 0 Å². The van der Waals surface area contributed by atoms with Gasteiger partial charge in [-0.25, -0.2) is 0 Å². The van der Waals surface area contributed by atoms with Crippen LogP contribution in [-0.2, 0) is 17.6 Å². The number of carbonyl (C=O) groups is 2. The van der Waals surface area contributed by atoms with Crippen LogP contribution in [0.3, 0.4) is 0 Å². The van der Waals surface area contributed by atoms with Gasteiger partial charge in [0.1, 0.15) is 0 Å². The van der Waals surface area contributed by atoms with Crippen molar-refractivity contribution in [1.82, 2.24) is 5.32 Å². The maximum absolute atomic E-state index is 11.7. The molecular weight excluding hydrogens is 338 g/mol. The maximum Gasteiger partial charge on any atom is 0.290 e. The summed E-state index contributed by atoms with van der Waals surface area (Å²) >= 11 is 2.88. The first kappa shape index (κ1) is 15.5. The third kappa shape index (κ3) is 3.28. The zero-order chi connectivity index (χ0) is 16.5. The molecule has 1 fully saturated rings. The Balaban J connectivity index is 1.50. The SMILES string of the molecule is O=C1NC(=O)C(=Cc2ccc3c(c2)CC(Cc2ccccc2)S3)S1. The number of carbonyl (C=O) groups excluding carboxylic acids is 2. The van der Waals surface area contributed by atoms with Crippen LogP contribution in [0.15, 0.2) is 58.3 Å². The summed E-state index contributed by atoms with van der Waals surface area (Å²) in [6.07, 6.45) is 3.88. The Morgan fingerprint density at radius 1 is 1.12 bits per heavy atom. The molecule has 2 aliphatic heterocycles. The summed E-state index contributed by atoms with van der Waals surface area (Å²) in [6, 6.07) is 16.8. The number of thioether (sulfide) groups is 2. The molecule has 0 bridgehead atoms. The van der Waals surface area contributed by atoms with Crippen molar-refractivity contribution in [2.45, 2.75) is 23.0 Å². The minimum Gasteiger partial charge on any atom is -0.282 e. The molecule has 2 aliphatic rings. The number of hydrogen-bond acceptors (Lipinski definition) is 4. The summed E-state index contributed by atoms with van der Waals surface area (Å²) in [5.41, 5.74) is 3.66. The average molecular weight is 353 g/mol. The summed E-state index contributed by atoms with van der Waals surface area (Å²) < 4.78 is 0. The normalized spacial score (nSPS) is 21.2. The Morgan fingerprint density at radius 3 is 2.71 bits per heavy atom. The second kappa shape index (κ2) is 6.49. The van der Waals surface area contributed by atoms with E-state index < -0.39 is 0 Å². The fourth-order valence-corrected chi connectivity index (χ4v) is 5.01. The van der Waals surface area contributed by atoms with E-state index in [-0.39, 0.29) is 11.1 Å². The van der Waals surface area contributed by atoms with E-state index in [1.165, 1.54) is 16.0 Å². The first-order chi connectivity index (χ1) is 11.7. The number of nitrogens with one attached hydrogen (secondary N) is 1. The van der Waals surface area contributed by atoms with E-state index in [1.807, 2.05) is 23.9 Å². The summed E-state index contributed by atoms with van der Waals surface area (Å²) in [6.45, 7) is 0. The number of benzene rings is 2. The predicted octanol–water partition coefficient (Wildman–Crippen LogP) is 4.27. The summed E-state index contributed by atoms with van der Waals surface area (Å²) in [5.74, 6) is -0.304. The van der Waals surface area contributed by atoms with E-state index in [1.54, 1.807) is 6.08 Å². The lowest BCUT2D eigenvalue weighted by molar-refractivity contribution is -0.115. The van der Waals surface area contributed by atoms with Gasteiger partial charge in [-0.05, 0) is 53.4 Å². The van der Waals surface area contributed by atoms with E-state index in [0.29, 0.717) is 10.2 Å². The molecule has 1 saturated heterocycles. The van der Waals surface area contributed by atoms with Gasteiger partial charge in [-0.3, -0.25) is 14.9 Å². The van der Waals surface area contributed by atoms with Gasteiger partial charge in [0.25, 0.3) is 11.1 Å². The first-order valence-electron chi connectivity index (χ1n) is 7.76. The molecule has 0 radical (unpaired) electrons. The molecule has 0 saturated carbocycles. The highest BCUT2D eigenvalue weighted by molar-refractivity contribution is 8.18. The minimum atomic E-state index is -0.304. The standard InChI is InChI=1S/C19H15NO2S2/c21-18-17(24-19(22)20-18)10-13-6-7-16-14(8-13)11-15(23-16)9-12-4-2-1-3-5-12/h1-8,10,15H,9,11H2,(H,20,21,22). The lowest BCUT2D eigenvalue weighted by Crippen LogP contribution is -2.17. The van der Waals surface area contributed by atoms with Crippen LogP contribution in [0.5, 0.6) is 0 Å². The fourth-order valence-electron chi connectivity index (χ4n) is 2.99. The Hall–Kier alpha value is -1.98. The molecule has 3 nitrogen and oxygen atoms in total. The quantitative estimate of drug-likeness (QED) is 0.837. The molecule has 0 aromatic heterocycles. The largest absolute Gasteiger partial charge is 0.290 e. The molecule has 4 rings (SSSR count). The van der Waals surface area contributed by atoms with Gasteiger partial charge in [-0.1, -0.05) is 42.5 Å². The summed E-state index contributed by atoms with van der Waals surface area (Å²) in [4.78, 5) is 24.7. The highest BCUT2D eigenvalue weighted by atomic mass is 32.2. The van der Waals surface area contributed by atoms with Crippen molar-refractivity contribution in [3.05, 3.63) is 70.1 Å². The molecule has 0 aliphatic carbocycles. The van der Waals surface area contributed by atoms with Crippen molar-refractivity contribution < 1.29 is 9.59 Å². The average Bonchev–Trinajstić information content (AvgIpc) is 3.10. The van der Waals surface area contributed by atoms with Crippen molar-refractivity contribution in [3.8, 4) is 0 Å². The van der Waals surface area contributed by atoms with Gasteiger partial charge in [0, 0.05) is 10.1 Å². The van der Waals surface area contributed by atoms with Crippen LogP contribution in [0.2, 0.25) is 0 Å². The van der Waals surface area contributed by atoms with Crippen molar-refractivity contribution >= 4 is 40.7 Å². The van der Waals surface area contributed by atoms with E-state index in [0.717, 1.165) is 30.2 Å². The summed E-state index contributed by atoms with van der Waals surface area (Å²) in [7, 11) is 0. The molecule has 2 heterocycles. The molecule has 2 aromatic rings. The Bertz CT molecular complexity index is 846. The van der Waals surface area contributed by atoms with Crippen LogP contribution >= 0.6 is 23.5 Å². The van der Waals surface area contributed by atoms with Crippen LogP contribution in [0.25, 0.3) is 6.08 Å². The van der Waals surface area contributed by atoms with Gasteiger partial charge in [-0.15, -0.1) is 11.8 Å². The molecule has 1 unspecified atom stereocenters. The topological polar surface area (TPSA) is 46.2 Å². The zero-order valence-corrected chi connectivity index (χ0v) is 14.5. The van der Waals surface area contributed by atoms with Crippen LogP contribution < -0.4 is 5.32 Å². The number of rotatable bonds is 3. The monoisotopic (exact) mass is 353 g/mol. The highest BCUT2D eigenvalue weighted by Crippen LogP contribution is 2.39. The van der Waals surface area contributed by atoms with Gasteiger partial charge in [-0.2, -0.15) is 0 Å². The second-order valence-electron chi connectivity index (χ2n) is 5.85. The molecule has 1 N–H and O–H groups in total. The fraction of sp³-hybridized carbons (Fsp3) is 0.158. The van der Waals surface area contributed by atoms with E-state index in [9.17, 15) is 9.59 Å². The third-order valence-electron chi connectivity index (χ3n) is 4.07. The number of amides is 2. The molecule has 1 atom stereocenters. The van der Waals surface area contributed by atoms with Crippen molar-refractivity contribution in [3.63, 3.8) is 0 Å². The van der Waals surface area contributed by atoms with Crippen LogP contribution in [-0.4, -0.2) is 16.4 Å². The minimum absolute atomic E-state index is 0.300. The van der Waals surface area contributed by atoms with E-state index in [4.69, 9.17) is 0 Å². The molecule has 5 heteroatoms. The number of hydrogen-bond donors (Lipinski definition) is 1. The second-order valence-corrected chi connectivity index (χ2v) is 8.21. The van der Waals surface area contributed by atoms with Crippen LogP contribution in [0.1, 0.15) is 16.7 Å². The molecule has 2 aromatic carbocycles. The Morgan fingerprint density at radius 2 is 1.96 bits per heavy atom. The van der Waals surface area contributed by atoms with Gasteiger partial charge in [0.05, 0.1) is 4.91 Å². The van der Waals surface area contributed by atoms with Crippen LogP contribution in [0.4, 0.5) is 4.79 Å². The summed E-state index contributed by atoms with van der Waals surface area (Å²) in [5, 5.41) is 2.54. The van der Waals surface area contributed by atoms with Gasteiger partial charge in [0.15, 0.2) is 0 Å². The third-order valence-corrected chi connectivity index (χ3v) is 6.20. The van der Waals surface area contributed by atoms with Crippen LogP contribution in [0, 0.1) is 0 Å². The highest BCUT2D eigenvalue weighted by Gasteiger charge is 2.26. The molecule has 0 spiro atoms. The van der Waals surface area contributed by atoms with Crippen molar-refractivity contribution in [1.29, 1.82) is 0 Å². The Kier molecular flexibility index (Phi) is 4.21. The lowest BCUT2D eigenvalue weighted by atomic mass is 10.0. The molecular formula is C19H15NO2S2. The van der Waals surface area contributed by atoms with Gasteiger partial charge >= 0.3 is 0 Å². The van der Waals surface area contributed by atoms with Gasteiger partial charge in [0.2, 0.25) is 0 Å². The molecule has 2 amide bonds. The zero-order valence-electron chi connectivity index (χ0n) is 12.8. The molecule has 120 valence electrons. The maximum atomic E-state index is 11.7. The number of imide groups is 1. The Labute approximate surface area is 148 Å². The van der Waals surface area contributed by atoms with E-state index in [2.05, 4.69) is 41.7 Å². The van der Waals surface area contributed by atoms with Gasteiger partial charge < -0.3 is 0 Å². The predicted molar refractivity (Wildman–Crippen MR) is 99.0 cm³/mol. The number of fused-ring (bicyclic) bond motifs is 1. The molecule has 24 heavy (non-hydrogen) atoms. The lowest BCUT2D eigenvalue weighted by Gasteiger charge is -2.07. The van der Waals surface area contributed by atoms with E-state index >= 15 is 0 Å². The smallest absolute Gasteiger partial charge is 0.282 e.